The summed E-state index contributed by atoms with van der Waals surface area (Å²) in [6.45, 7) is 3.56. The maximum absolute atomic E-state index is 13.5. The molecule has 1 aromatic heterocycles. The smallest absolute Gasteiger partial charge is 0.301 e. The Bertz CT molecular complexity index is 1130. The molecule has 0 radical (unpaired) electrons. The Kier molecular flexibility index (Phi) is 4.50. The van der Waals surface area contributed by atoms with Crippen molar-refractivity contribution in [2.24, 2.45) is 0 Å². The van der Waals surface area contributed by atoms with Gasteiger partial charge in [-0.2, -0.15) is 0 Å². The first-order valence-electron chi connectivity index (χ1n) is 8.93. The van der Waals surface area contributed by atoms with Gasteiger partial charge < -0.3 is 9.63 Å². The van der Waals surface area contributed by atoms with E-state index in [0.29, 0.717) is 16.9 Å². The van der Waals surface area contributed by atoms with Gasteiger partial charge in [0, 0.05) is 11.6 Å². The van der Waals surface area contributed by atoms with Gasteiger partial charge in [-0.1, -0.05) is 47.1 Å². The second-order valence-corrected chi connectivity index (χ2v) is 6.88. The standard InChI is InChI=1S/C22H17FN2O4/c1-12-3-5-15(6-4-12)20(26)18-19(14-7-9-16(23)10-8-14)25(22(28)21(18)27)17-11-13(2)29-24-17/h3-11,19,26H,1-2H3/b20-18+/t19-/m1/s1. The molecule has 1 amide bonds. The number of ketones is 1. The zero-order valence-electron chi connectivity index (χ0n) is 15.7. The van der Waals surface area contributed by atoms with Gasteiger partial charge in [0.1, 0.15) is 17.3 Å². The fourth-order valence-electron chi connectivity index (χ4n) is 3.36. The summed E-state index contributed by atoms with van der Waals surface area (Å²) in [5.74, 6) is -1.86. The van der Waals surface area contributed by atoms with E-state index in [9.17, 15) is 19.1 Å². The van der Waals surface area contributed by atoms with Crippen LogP contribution in [0.25, 0.3) is 5.76 Å². The predicted octanol–water partition coefficient (Wildman–Crippen LogP) is 4.06. The quantitative estimate of drug-likeness (QED) is 0.413. The zero-order valence-corrected chi connectivity index (χ0v) is 15.7. The first kappa shape index (κ1) is 18.6. The number of hydrogen-bond acceptors (Lipinski definition) is 5. The van der Waals surface area contributed by atoms with Gasteiger partial charge in [-0.05, 0) is 31.5 Å². The van der Waals surface area contributed by atoms with E-state index < -0.39 is 23.5 Å². The minimum Gasteiger partial charge on any atom is -0.507 e. The van der Waals surface area contributed by atoms with Crippen molar-refractivity contribution >= 4 is 23.3 Å². The van der Waals surface area contributed by atoms with Gasteiger partial charge in [-0.15, -0.1) is 0 Å². The van der Waals surface area contributed by atoms with Crippen molar-refractivity contribution in [1.82, 2.24) is 5.16 Å². The van der Waals surface area contributed by atoms with E-state index in [0.717, 1.165) is 10.5 Å². The second-order valence-electron chi connectivity index (χ2n) is 6.88. The molecule has 1 atom stereocenters. The van der Waals surface area contributed by atoms with Crippen LogP contribution in [0.3, 0.4) is 0 Å². The summed E-state index contributed by atoms with van der Waals surface area (Å²) in [5, 5.41) is 14.8. The third-order valence-electron chi connectivity index (χ3n) is 4.82. The molecule has 2 aromatic carbocycles. The lowest BCUT2D eigenvalue weighted by atomic mass is 9.95. The molecule has 1 fully saturated rings. The summed E-state index contributed by atoms with van der Waals surface area (Å²) < 4.78 is 18.5. The van der Waals surface area contributed by atoms with Crippen LogP contribution in [0, 0.1) is 19.7 Å². The number of halogens is 1. The highest BCUT2D eigenvalue weighted by molar-refractivity contribution is 6.51. The van der Waals surface area contributed by atoms with Gasteiger partial charge in [0.05, 0.1) is 11.6 Å². The Morgan fingerprint density at radius 2 is 1.72 bits per heavy atom. The molecule has 1 N–H and O–H groups in total. The van der Waals surface area contributed by atoms with E-state index in [1.807, 2.05) is 6.92 Å². The highest BCUT2D eigenvalue weighted by Gasteiger charge is 2.48. The maximum atomic E-state index is 13.5. The van der Waals surface area contributed by atoms with Crippen LogP contribution in [0.15, 0.2) is 64.7 Å². The molecular formula is C22H17FN2O4. The summed E-state index contributed by atoms with van der Waals surface area (Å²) in [6, 6.07) is 12.9. The van der Waals surface area contributed by atoms with Gasteiger partial charge in [0.2, 0.25) is 0 Å². The van der Waals surface area contributed by atoms with E-state index in [1.165, 1.54) is 30.3 Å². The van der Waals surface area contributed by atoms with Crippen molar-refractivity contribution < 1.29 is 23.6 Å². The zero-order chi connectivity index (χ0) is 20.7. The second kappa shape index (κ2) is 7.01. The topological polar surface area (TPSA) is 83.6 Å². The van der Waals surface area contributed by atoms with Crippen LogP contribution in [0.4, 0.5) is 10.2 Å². The number of benzene rings is 2. The number of nitrogens with zero attached hydrogens (tertiary/aromatic N) is 2. The number of aromatic nitrogens is 1. The number of aryl methyl sites for hydroxylation is 2. The van der Waals surface area contributed by atoms with Crippen LogP contribution in [-0.4, -0.2) is 22.0 Å². The van der Waals surface area contributed by atoms with Crippen LogP contribution in [-0.2, 0) is 9.59 Å². The maximum Gasteiger partial charge on any atom is 0.301 e. The lowest BCUT2D eigenvalue weighted by Crippen LogP contribution is -2.29. The number of Topliss-reactive ketones (excluding diaryl/α,β-unsaturated/α-hetero) is 1. The Morgan fingerprint density at radius 3 is 2.31 bits per heavy atom. The van der Waals surface area contributed by atoms with Crippen LogP contribution >= 0.6 is 0 Å². The number of rotatable bonds is 3. The highest BCUT2D eigenvalue weighted by atomic mass is 19.1. The van der Waals surface area contributed by atoms with Crippen LogP contribution in [0.2, 0.25) is 0 Å². The minimum atomic E-state index is -0.971. The SMILES string of the molecule is Cc1ccc(/C(O)=C2\C(=O)C(=O)N(c3cc(C)on3)[C@@H]2c2ccc(F)cc2)cc1. The van der Waals surface area contributed by atoms with Crippen LogP contribution < -0.4 is 4.90 Å². The predicted molar refractivity (Wildman–Crippen MR) is 104 cm³/mol. The average molecular weight is 392 g/mol. The Labute approximate surface area is 165 Å². The number of anilines is 1. The number of aliphatic hydroxyl groups is 1. The molecule has 6 nitrogen and oxygen atoms in total. The minimum absolute atomic E-state index is 0.0916. The van der Waals surface area contributed by atoms with Gasteiger partial charge >= 0.3 is 5.91 Å². The molecule has 0 unspecified atom stereocenters. The fraction of sp³-hybridized carbons (Fsp3) is 0.136. The van der Waals surface area contributed by atoms with Gasteiger partial charge in [0.15, 0.2) is 5.82 Å². The normalized spacial score (nSPS) is 18.4. The van der Waals surface area contributed by atoms with Gasteiger partial charge in [-0.3, -0.25) is 14.5 Å². The van der Waals surface area contributed by atoms with Gasteiger partial charge in [-0.25, -0.2) is 4.39 Å². The summed E-state index contributed by atoms with van der Waals surface area (Å²) in [5.41, 5.74) is 1.75. The van der Waals surface area contributed by atoms with E-state index in [2.05, 4.69) is 5.16 Å². The fourth-order valence-corrected chi connectivity index (χ4v) is 3.36. The van der Waals surface area contributed by atoms with Crippen molar-refractivity contribution in [2.45, 2.75) is 19.9 Å². The summed E-state index contributed by atoms with van der Waals surface area (Å²) in [6.07, 6.45) is 0. The Hall–Kier alpha value is -3.74. The molecule has 146 valence electrons. The molecule has 1 saturated heterocycles. The molecule has 7 heteroatoms. The third-order valence-corrected chi connectivity index (χ3v) is 4.82. The molecule has 4 rings (SSSR count). The lowest BCUT2D eigenvalue weighted by Gasteiger charge is -2.22. The number of amides is 1. The van der Waals surface area contributed by atoms with E-state index in [4.69, 9.17) is 4.52 Å². The van der Waals surface area contributed by atoms with Crippen molar-refractivity contribution in [3.05, 3.63) is 88.4 Å². The first-order valence-corrected chi connectivity index (χ1v) is 8.93. The molecule has 29 heavy (non-hydrogen) atoms. The first-order chi connectivity index (χ1) is 13.9. The summed E-state index contributed by atoms with van der Waals surface area (Å²) in [7, 11) is 0. The molecule has 0 saturated carbocycles. The molecule has 0 aliphatic carbocycles. The molecule has 1 aliphatic heterocycles. The molecule has 0 bridgehead atoms. The van der Waals surface area contributed by atoms with E-state index in [-0.39, 0.29) is 17.2 Å². The largest absolute Gasteiger partial charge is 0.507 e. The Morgan fingerprint density at radius 1 is 1.07 bits per heavy atom. The van der Waals surface area contributed by atoms with E-state index >= 15 is 0 Å². The monoisotopic (exact) mass is 392 g/mol. The number of hydrogen-bond donors (Lipinski definition) is 1. The van der Waals surface area contributed by atoms with E-state index in [1.54, 1.807) is 31.2 Å². The molecule has 0 spiro atoms. The van der Waals surface area contributed by atoms with Gasteiger partial charge in [0.25, 0.3) is 5.78 Å². The molecule has 3 aromatic rings. The number of carbonyl (C=O) groups is 2. The lowest BCUT2D eigenvalue weighted by molar-refractivity contribution is -0.132. The molecular weight excluding hydrogens is 375 g/mol. The van der Waals surface area contributed by atoms with Crippen molar-refractivity contribution in [3.8, 4) is 0 Å². The van der Waals surface area contributed by atoms with Crippen LogP contribution in [0.5, 0.6) is 0 Å². The van der Waals surface area contributed by atoms with Crippen molar-refractivity contribution in [3.63, 3.8) is 0 Å². The molecule has 1 aliphatic rings. The average Bonchev–Trinajstić information content (AvgIpc) is 3.24. The van der Waals surface area contributed by atoms with Crippen LogP contribution in [0.1, 0.15) is 28.5 Å². The Balaban J connectivity index is 1.93. The summed E-state index contributed by atoms with van der Waals surface area (Å²) >= 11 is 0. The number of carbonyl (C=O) groups excluding carboxylic acids is 2. The number of aliphatic hydroxyl groups excluding tert-OH is 1. The van der Waals surface area contributed by atoms with Crippen molar-refractivity contribution in [1.29, 1.82) is 0 Å². The third kappa shape index (κ3) is 3.20. The highest BCUT2D eigenvalue weighted by Crippen LogP contribution is 2.41. The van der Waals surface area contributed by atoms with Crippen molar-refractivity contribution in [2.75, 3.05) is 4.90 Å². The molecule has 2 heterocycles. The summed E-state index contributed by atoms with van der Waals surface area (Å²) in [4.78, 5) is 26.9.